The second kappa shape index (κ2) is 5.24. The molecular formula is C12H19N3O2S. The van der Waals surface area contributed by atoms with Gasteiger partial charge in [-0.3, -0.25) is 0 Å². The molecule has 1 aromatic heterocycles. The Balaban J connectivity index is 2.17. The first-order valence-corrected chi connectivity index (χ1v) is 7.58. The summed E-state index contributed by atoms with van der Waals surface area (Å²) in [5.74, 6) is 1.09. The topological polar surface area (TPSA) is 62.3 Å². The second-order valence-corrected chi connectivity index (χ2v) is 6.75. The molecule has 0 atom stereocenters. The van der Waals surface area contributed by atoms with Gasteiger partial charge in [0.1, 0.15) is 5.82 Å². The lowest BCUT2D eigenvalue weighted by Gasteiger charge is -2.29. The minimum Gasteiger partial charge on any atom is -0.373 e. The third-order valence-electron chi connectivity index (χ3n) is 3.44. The van der Waals surface area contributed by atoms with Crippen molar-refractivity contribution in [2.75, 3.05) is 26.0 Å². The molecule has 1 fully saturated rings. The van der Waals surface area contributed by atoms with Crippen molar-refractivity contribution in [1.82, 2.24) is 9.29 Å². The summed E-state index contributed by atoms with van der Waals surface area (Å²) < 4.78 is 26.1. The van der Waals surface area contributed by atoms with Crippen LogP contribution in [0.25, 0.3) is 0 Å². The Morgan fingerprint density at radius 1 is 1.50 bits per heavy atom. The Hall–Kier alpha value is -1.14. The molecule has 0 unspecified atom stereocenters. The fourth-order valence-corrected chi connectivity index (χ4v) is 3.29. The van der Waals surface area contributed by atoms with Gasteiger partial charge in [0.15, 0.2) is 0 Å². The SMILES string of the molecule is CNc1cc(S(=O)(=O)N(C)CC2CCC2)ccn1. The largest absolute Gasteiger partial charge is 0.373 e. The highest BCUT2D eigenvalue weighted by Gasteiger charge is 2.26. The van der Waals surface area contributed by atoms with Gasteiger partial charge in [0.25, 0.3) is 0 Å². The molecule has 6 heteroatoms. The van der Waals surface area contributed by atoms with Crippen molar-refractivity contribution in [1.29, 1.82) is 0 Å². The van der Waals surface area contributed by atoms with E-state index in [-0.39, 0.29) is 0 Å². The zero-order chi connectivity index (χ0) is 13.2. The number of aromatic nitrogens is 1. The summed E-state index contributed by atoms with van der Waals surface area (Å²) in [5, 5.41) is 2.85. The Labute approximate surface area is 108 Å². The molecule has 1 heterocycles. The molecule has 0 aromatic carbocycles. The van der Waals surface area contributed by atoms with Crippen LogP contribution in [-0.2, 0) is 10.0 Å². The van der Waals surface area contributed by atoms with Gasteiger partial charge in [0.05, 0.1) is 4.90 Å². The quantitative estimate of drug-likeness (QED) is 0.881. The molecule has 1 aromatic rings. The van der Waals surface area contributed by atoms with Gasteiger partial charge in [-0.15, -0.1) is 0 Å². The first-order valence-electron chi connectivity index (χ1n) is 6.14. The van der Waals surface area contributed by atoms with Crippen molar-refractivity contribution in [3.05, 3.63) is 18.3 Å². The van der Waals surface area contributed by atoms with Gasteiger partial charge < -0.3 is 5.32 Å². The number of nitrogens with one attached hydrogen (secondary N) is 1. The molecule has 100 valence electrons. The van der Waals surface area contributed by atoms with E-state index in [2.05, 4.69) is 10.3 Å². The van der Waals surface area contributed by atoms with Crippen LogP contribution in [0.3, 0.4) is 0 Å². The van der Waals surface area contributed by atoms with Crippen molar-refractivity contribution in [3.8, 4) is 0 Å². The molecular weight excluding hydrogens is 250 g/mol. The molecule has 0 saturated heterocycles. The standard InChI is InChI=1S/C12H19N3O2S/c1-13-12-8-11(6-7-14-12)18(16,17)15(2)9-10-4-3-5-10/h6-8,10H,3-5,9H2,1-2H3,(H,13,14). The first kappa shape index (κ1) is 13.3. The minimum atomic E-state index is -3.39. The summed E-state index contributed by atoms with van der Waals surface area (Å²) in [6.45, 7) is 0.611. The Morgan fingerprint density at radius 3 is 2.78 bits per heavy atom. The van der Waals surface area contributed by atoms with Crippen LogP contribution in [0.5, 0.6) is 0 Å². The number of anilines is 1. The predicted molar refractivity (Wildman–Crippen MR) is 70.9 cm³/mol. The van der Waals surface area contributed by atoms with Gasteiger partial charge >= 0.3 is 0 Å². The number of hydrogen-bond acceptors (Lipinski definition) is 4. The maximum absolute atomic E-state index is 12.3. The number of nitrogens with zero attached hydrogens (tertiary/aromatic N) is 2. The first-order chi connectivity index (χ1) is 8.54. The summed E-state index contributed by atoms with van der Waals surface area (Å²) in [4.78, 5) is 4.32. The zero-order valence-electron chi connectivity index (χ0n) is 10.8. The van der Waals surface area contributed by atoms with Crippen molar-refractivity contribution in [3.63, 3.8) is 0 Å². The lowest BCUT2D eigenvalue weighted by Crippen LogP contribution is -2.34. The molecule has 1 saturated carbocycles. The van der Waals surface area contributed by atoms with Crippen LogP contribution in [0.2, 0.25) is 0 Å². The lowest BCUT2D eigenvalue weighted by molar-refractivity contribution is 0.263. The zero-order valence-corrected chi connectivity index (χ0v) is 11.6. The molecule has 0 spiro atoms. The Morgan fingerprint density at radius 2 is 2.22 bits per heavy atom. The Kier molecular flexibility index (Phi) is 3.87. The second-order valence-electron chi connectivity index (χ2n) is 4.71. The van der Waals surface area contributed by atoms with Crippen LogP contribution in [0.15, 0.2) is 23.2 Å². The molecule has 0 amide bonds. The highest BCUT2D eigenvalue weighted by atomic mass is 32.2. The Bertz CT molecular complexity index is 512. The van der Waals surface area contributed by atoms with E-state index in [0.29, 0.717) is 23.2 Å². The summed E-state index contributed by atoms with van der Waals surface area (Å²) in [5.41, 5.74) is 0. The van der Waals surface area contributed by atoms with Crippen LogP contribution < -0.4 is 5.32 Å². The average Bonchev–Trinajstić information content (AvgIpc) is 2.33. The number of sulfonamides is 1. The summed E-state index contributed by atoms with van der Waals surface area (Å²) >= 11 is 0. The molecule has 18 heavy (non-hydrogen) atoms. The monoisotopic (exact) mass is 269 g/mol. The number of rotatable bonds is 5. The average molecular weight is 269 g/mol. The van der Waals surface area contributed by atoms with Gasteiger partial charge in [-0.05, 0) is 24.8 Å². The van der Waals surface area contributed by atoms with Crippen LogP contribution in [-0.4, -0.2) is 38.3 Å². The van der Waals surface area contributed by atoms with E-state index in [1.54, 1.807) is 20.2 Å². The predicted octanol–water partition coefficient (Wildman–Crippen LogP) is 1.54. The highest BCUT2D eigenvalue weighted by Crippen LogP contribution is 2.28. The minimum absolute atomic E-state index is 0.295. The number of pyridine rings is 1. The third-order valence-corrected chi connectivity index (χ3v) is 5.26. The third kappa shape index (κ3) is 2.64. The van der Waals surface area contributed by atoms with Crippen LogP contribution in [0, 0.1) is 5.92 Å². The van der Waals surface area contributed by atoms with Crippen molar-refractivity contribution in [2.24, 2.45) is 5.92 Å². The van der Waals surface area contributed by atoms with Gasteiger partial charge in [0.2, 0.25) is 10.0 Å². The maximum atomic E-state index is 12.3. The van der Waals surface area contributed by atoms with Gasteiger partial charge in [-0.1, -0.05) is 6.42 Å². The van der Waals surface area contributed by atoms with Crippen LogP contribution in [0.4, 0.5) is 5.82 Å². The van der Waals surface area contributed by atoms with Crippen molar-refractivity contribution in [2.45, 2.75) is 24.2 Å². The van der Waals surface area contributed by atoms with Gasteiger partial charge in [-0.25, -0.2) is 17.7 Å². The van der Waals surface area contributed by atoms with E-state index >= 15 is 0 Å². The molecule has 1 aliphatic rings. The van der Waals surface area contributed by atoms with E-state index in [0.717, 1.165) is 12.8 Å². The van der Waals surface area contributed by atoms with E-state index in [9.17, 15) is 8.42 Å². The summed E-state index contributed by atoms with van der Waals surface area (Å²) in [6, 6.07) is 3.10. The summed E-state index contributed by atoms with van der Waals surface area (Å²) in [6.07, 6.45) is 5.00. The van der Waals surface area contributed by atoms with E-state index in [1.165, 1.54) is 23.0 Å². The van der Waals surface area contributed by atoms with E-state index in [4.69, 9.17) is 0 Å². The highest BCUT2D eigenvalue weighted by molar-refractivity contribution is 7.89. The van der Waals surface area contributed by atoms with Crippen LogP contribution in [0.1, 0.15) is 19.3 Å². The molecule has 1 N–H and O–H groups in total. The fourth-order valence-electron chi connectivity index (χ4n) is 2.03. The molecule has 0 aliphatic heterocycles. The van der Waals surface area contributed by atoms with Crippen molar-refractivity contribution < 1.29 is 8.42 Å². The fraction of sp³-hybridized carbons (Fsp3) is 0.583. The number of hydrogen-bond donors (Lipinski definition) is 1. The van der Waals surface area contributed by atoms with Gasteiger partial charge in [-0.2, -0.15) is 0 Å². The molecule has 0 bridgehead atoms. The summed E-state index contributed by atoms with van der Waals surface area (Å²) in [7, 11) is -0.0245. The molecule has 2 rings (SSSR count). The lowest BCUT2D eigenvalue weighted by atomic mass is 9.86. The smallest absolute Gasteiger partial charge is 0.243 e. The molecule has 5 nitrogen and oxygen atoms in total. The van der Waals surface area contributed by atoms with Crippen LogP contribution >= 0.6 is 0 Å². The van der Waals surface area contributed by atoms with Crippen molar-refractivity contribution >= 4 is 15.8 Å². The van der Waals surface area contributed by atoms with E-state index in [1.807, 2.05) is 0 Å². The maximum Gasteiger partial charge on any atom is 0.243 e. The van der Waals surface area contributed by atoms with E-state index < -0.39 is 10.0 Å². The molecule has 0 radical (unpaired) electrons. The van der Waals surface area contributed by atoms with Gasteiger partial charge in [0, 0.05) is 32.9 Å². The molecule has 1 aliphatic carbocycles. The normalized spacial score (nSPS) is 16.6.